The van der Waals surface area contributed by atoms with E-state index in [9.17, 15) is 9.59 Å². The summed E-state index contributed by atoms with van der Waals surface area (Å²) in [6.45, 7) is 3.04. The van der Waals surface area contributed by atoms with Gasteiger partial charge in [0, 0.05) is 30.6 Å². The molecular formula is C13H12N2O3. The van der Waals surface area contributed by atoms with Crippen LogP contribution in [0.15, 0.2) is 35.4 Å². The fraction of sp³-hybridized carbons (Fsp3) is 0.154. The van der Waals surface area contributed by atoms with Gasteiger partial charge in [0.25, 0.3) is 5.56 Å². The molecule has 92 valence electrons. The normalized spacial score (nSPS) is 10.1. The fourth-order valence-corrected chi connectivity index (χ4v) is 1.67. The van der Waals surface area contributed by atoms with Crippen LogP contribution in [0.2, 0.25) is 0 Å². The van der Waals surface area contributed by atoms with E-state index in [0.29, 0.717) is 5.69 Å². The SMILES string of the molecule is CC(=O)Oc1cc(-c2ccncc2)c(C)[nH]c1=O. The third kappa shape index (κ3) is 2.45. The predicted molar refractivity (Wildman–Crippen MR) is 66.3 cm³/mol. The van der Waals surface area contributed by atoms with Gasteiger partial charge < -0.3 is 9.72 Å². The zero-order chi connectivity index (χ0) is 13.1. The maximum atomic E-state index is 11.6. The summed E-state index contributed by atoms with van der Waals surface area (Å²) in [7, 11) is 0. The Labute approximate surface area is 103 Å². The Hall–Kier alpha value is -2.43. The number of aromatic nitrogens is 2. The van der Waals surface area contributed by atoms with Crippen molar-refractivity contribution < 1.29 is 9.53 Å². The van der Waals surface area contributed by atoms with Crippen molar-refractivity contribution in [2.75, 3.05) is 0 Å². The first-order chi connectivity index (χ1) is 8.58. The highest BCUT2D eigenvalue weighted by Gasteiger charge is 2.10. The number of nitrogens with one attached hydrogen (secondary N) is 1. The lowest BCUT2D eigenvalue weighted by Gasteiger charge is -2.08. The van der Waals surface area contributed by atoms with E-state index >= 15 is 0 Å². The number of aryl methyl sites for hydroxylation is 1. The minimum atomic E-state index is -0.523. The van der Waals surface area contributed by atoms with Gasteiger partial charge in [-0.3, -0.25) is 14.6 Å². The van der Waals surface area contributed by atoms with Crippen LogP contribution in [-0.2, 0) is 4.79 Å². The van der Waals surface area contributed by atoms with Crippen molar-refractivity contribution in [3.05, 3.63) is 46.6 Å². The number of carbonyl (C=O) groups excluding carboxylic acids is 1. The fourth-order valence-electron chi connectivity index (χ4n) is 1.67. The standard InChI is InChI=1S/C13H12N2O3/c1-8-11(10-3-5-14-6-4-10)7-12(13(17)15-8)18-9(2)16/h3-7H,1-2H3,(H,15,17). The van der Waals surface area contributed by atoms with Crippen molar-refractivity contribution in [3.63, 3.8) is 0 Å². The highest BCUT2D eigenvalue weighted by atomic mass is 16.5. The van der Waals surface area contributed by atoms with Crippen LogP contribution in [0.4, 0.5) is 0 Å². The largest absolute Gasteiger partial charge is 0.421 e. The average molecular weight is 244 g/mol. The maximum Gasteiger partial charge on any atom is 0.308 e. The molecule has 0 aliphatic heterocycles. The van der Waals surface area contributed by atoms with Crippen molar-refractivity contribution in [2.24, 2.45) is 0 Å². The van der Waals surface area contributed by atoms with Gasteiger partial charge in [0.1, 0.15) is 0 Å². The number of hydrogen-bond donors (Lipinski definition) is 1. The van der Waals surface area contributed by atoms with Crippen LogP contribution in [-0.4, -0.2) is 15.9 Å². The molecule has 0 saturated carbocycles. The first kappa shape index (κ1) is 12.0. The molecule has 0 radical (unpaired) electrons. The van der Waals surface area contributed by atoms with Gasteiger partial charge in [-0.15, -0.1) is 0 Å². The molecule has 0 amide bonds. The molecular weight excluding hydrogens is 232 g/mol. The van der Waals surface area contributed by atoms with Gasteiger partial charge in [-0.2, -0.15) is 0 Å². The summed E-state index contributed by atoms with van der Waals surface area (Å²) in [5.41, 5.74) is 1.99. The Morgan fingerprint density at radius 3 is 2.61 bits per heavy atom. The molecule has 2 rings (SSSR count). The first-order valence-electron chi connectivity index (χ1n) is 5.40. The number of hydrogen-bond acceptors (Lipinski definition) is 4. The Morgan fingerprint density at radius 1 is 1.33 bits per heavy atom. The van der Waals surface area contributed by atoms with E-state index in [-0.39, 0.29) is 5.75 Å². The summed E-state index contributed by atoms with van der Waals surface area (Å²) in [5.74, 6) is -0.523. The van der Waals surface area contributed by atoms with Crippen LogP contribution in [0.5, 0.6) is 5.75 Å². The topological polar surface area (TPSA) is 72.0 Å². The second kappa shape index (κ2) is 4.83. The molecule has 0 fully saturated rings. The van der Waals surface area contributed by atoms with E-state index in [1.54, 1.807) is 25.4 Å². The smallest absolute Gasteiger partial charge is 0.308 e. The minimum Gasteiger partial charge on any atom is -0.421 e. The summed E-state index contributed by atoms with van der Waals surface area (Å²) in [4.78, 5) is 29.1. The molecule has 2 heterocycles. The Morgan fingerprint density at radius 2 is 2.00 bits per heavy atom. The van der Waals surface area contributed by atoms with Gasteiger partial charge >= 0.3 is 5.97 Å². The molecule has 0 unspecified atom stereocenters. The first-order valence-corrected chi connectivity index (χ1v) is 5.40. The Balaban J connectivity index is 2.55. The number of nitrogens with zero attached hydrogens (tertiary/aromatic N) is 1. The molecule has 2 aromatic rings. The molecule has 0 spiro atoms. The lowest BCUT2D eigenvalue weighted by molar-refractivity contribution is -0.131. The third-order valence-corrected chi connectivity index (χ3v) is 2.45. The van der Waals surface area contributed by atoms with Crippen LogP contribution in [0.3, 0.4) is 0 Å². The lowest BCUT2D eigenvalue weighted by Crippen LogP contribution is -2.15. The van der Waals surface area contributed by atoms with Gasteiger partial charge in [-0.05, 0) is 30.7 Å². The third-order valence-electron chi connectivity index (χ3n) is 2.45. The second-order valence-corrected chi connectivity index (χ2v) is 3.83. The Bertz CT molecular complexity index is 632. The summed E-state index contributed by atoms with van der Waals surface area (Å²) in [6.07, 6.45) is 3.32. The highest BCUT2D eigenvalue weighted by molar-refractivity contribution is 5.71. The molecule has 0 saturated heterocycles. The molecule has 5 heteroatoms. The average Bonchev–Trinajstić information content (AvgIpc) is 2.33. The summed E-state index contributed by atoms with van der Waals surface area (Å²) < 4.78 is 4.86. The van der Waals surface area contributed by atoms with Crippen LogP contribution >= 0.6 is 0 Å². The van der Waals surface area contributed by atoms with Gasteiger partial charge in [0.05, 0.1) is 0 Å². The molecule has 18 heavy (non-hydrogen) atoms. The number of ether oxygens (including phenoxy) is 1. The predicted octanol–water partition coefficient (Wildman–Crippen LogP) is 1.67. The Kier molecular flexibility index (Phi) is 3.23. The van der Waals surface area contributed by atoms with Crippen molar-refractivity contribution in [3.8, 4) is 16.9 Å². The molecule has 2 aromatic heterocycles. The molecule has 1 N–H and O–H groups in total. The van der Waals surface area contributed by atoms with E-state index in [0.717, 1.165) is 11.1 Å². The zero-order valence-electron chi connectivity index (χ0n) is 10.1. The molecule has 0 aliphatic rings. The van der Waals surface area contributed by atoms with Crippen molar-refractivity contribution >= 4 is 5.97 Å². The van der Waals surface area contributed by atoms with E-state index in [1.807, 2.05) is 12.1 Å². The van der Waals surface area contributed by atoms with Gasteiger partial charge in [-0.1, -0.05) is 0 Å². The summed E-state index contributed by atoms with van der Waals surface area (Å²) in [6, 6.07) is 5.20. The number of rotatable bonds is 2. The molecule has 0 atom stereocenters. The molecule has 0 aliphatic carbocycles. The summed E-state index contributed by atoms with van der Waals surface area (Å²) in [5, 5.41) is 0. The summed E-state index contributed by atoms with van der Waals surface area (Å²) >= 11 is 0. The van der Waals surface area contributed by atoms with Crippen molar-refractivity contribution in [2.45, 2.75) is 13.8 Å². The maximum absolute atomic E-state index is 11.6. The van der Waals surface area contributed by atoms with Crippen LogP contribution in [0.1, 0.15) is 12.6 Å². The second-order valence-electron chi connectivity index (χ2n) is 3.83. The van der Waals surface area contributed by atoms with E-state index in [1.165, 1.54) is 6.92 Å². The molecule has 0 bridgehead atoms. The number of carbonyl (C=O) groups is 1. The number of H-pyrrole nitrogens is 1. The van der Waals surface area contributed by atoms with E-state index in [4.69, 9.17) is 4.74 Å². The zero-order valence-corrected chi connectivity index (χ0v) is 10.1. The minimum absolute atomic E-state index is 0.0000813. The molecule has 5 nitrogen and oxygen atoms in total. The number of pyridine rings is 2. The van der Waals surface area contributed by atoms with Crippen LogP contribution in [0, 0.1) is 6.92 Å². The lowest BCUT2D eigenvalue weighted by atomic mass is 10.1. The van der Waals surface area contributed by atoms with Crippen LogP contribution in [0.25, 0.3) is 11.1 Å². The monoisotopic (exact) mass is 244 g/mol. The van der Waals surface area contributed by atoms with E-state index < -0.39 is 11.5 Å². The molecule has 0 aromatic carbocycles. The van der Waals surface area contributed by atoms with Crippen molar-refractivity contribution in [1.29, 1.82) is 0 Å². The quantitative estimate of drug-likeness (QED) is 0.815. The van der Waals surface area contributed by atoms with Crippen LogP contribution < -0.4 is 10.3 Å². The van der Waals surface area contributed by atoms with Gasteiger partial charge in [-0.25, -0.2) is 0 Å². The van der Waals surface area contributed by atoms with E-state index in [2.05, 4.69) is 9.97 Å². The highest BCUT2D eigenvalue weighted by Crippen LogP contribution is 2.23. The number of esters is 1. The van der Waals surface area contributed by atoms with Crippen molar-refractivity contribution in [1.82, 2.24) is 9.97 Å². The van der Waals surface area contributed by atoms with Gasteiger partial charge in [0.15, 0.2) is 5.75 Å². The number of aromatic amines is 1. The van der Waals surface area contributed by atoms with Gasteiger partial charge in [0.2, 0.25) is 0 Å².